The lowest BCUT2D eigenvalue weighted by molar-refractivity contribution is 0.511. The Balaban J connectivity index is 2.32. The molecule has 3 heteroatoms. The Kier molecular flexibility index (Phi) is 4.85. The summed E-state index contributed by atoms with van der Waals surface area (Å²) in [6.45, 7) is 5.11. The Hall–Kier alpha value is -1.74. The average molecular weight is 275 g/mol. The Labute approximate surface area is 118 Å². The molecule has 0 aliphatic heterocycles. The topological polar surface area (TPSA) is 12.0 Å². The third-order valence-corrected chi connectivity index (χ3v) is 3.35. The molecule has 106 valence electrons. The molecule has 2 aromatic rings. The minimum absolute atomic E-state index is 0.187. The fourth-order valence-corrected chi connectivity index (χ4v) is 2.18. The van der Waals surface area contributed by atoms with E-state index in [1.54, 1.807) is 12.1 Å². The van der Waals surface area contributed by atoms with Crippen LogP contribution in [0.15, 0.2) is 42.5 Å². The van der Waals surface area contributed by atoms with Gasteiger partial charge in [-0.1, -0.05) is 37.3 Å². The van der Waals surface area contributed by atoms with Crippen LogP contribution in [0.1, 0.15) is 31.9 Å². The van der Waals surface area contributed by atoms with Crippen LogP contribution in [0, 0.1) is 11.6 Å². The van der Waals surface area contributed by atoms with Gasteiger partial charge in [0.1, 0.15) is 0 Å². The lowest BCUT2D eigenvalue weighted by Crippen LogP contribution is -2.19. The summed E-state index contributed by atoms with van der Waals surface area (Å²) in [6.07, 6.45) is 1.06. The van der Waals surface area contributed by atoms with Gasteiger partial charge in [-0.3, -0.25) is 0 Å². The van der Waals surface area contributed by atoms with Crippen LogP contribution in [0.5, 0.6) is 0 Å². The molecule has 20 heavy (non-hydrogen) atoms. The summed E-state index contributed by atoms with van der Waals surface area (Å²) in [6, 6.07) is 12.0. The van der Waals surface area contributed by atoms with Gasteiger partial charge in [0, 0.05) is 11.6 Å². The third-order valence-electron chi connectivity index (χ3n) is 3.35. The average Bonchev–Trinajstić information content (AvgIpc) is 2.47. The summed E-state index contributed by atoms with van der Waals surface area (Å²) in [7, 11) is 0. The molecule has 1 atom stereocenters. The third kappa shape index (κ3) is 3.23. The number of nitrogens with one attached hydrogen (secondary N) is 1. The van der Waals surface area contributed by atoms with Crippen molar-refractivity contribution in [3.63, 3.8) is 0 Å². The number of benzene rings is 2. The van der Waals surface area contributed by atoms with Gasteiger partial charge in [0.05, 0.1) is 0 Å². The Morgan fingerprint density at radius 2 is 1.85 bits per heavy atom. The zero-order valence-electron chi connectivity index (χ0n) is 11.8. The second-order valence-electron chi connectivity index (χ2n) is 4.90. The fraction of sp³-hybridized carbons (Fsp3) is 0.294. The molecule has 0 aliphatic rings. The first-order valence-electron chi connectivity index (χ1n) is 6.91. The number of rotatable bonds is 5. The maximum Gasteiger partial charge on any atom is 0.166 e. The van der Waals surface area contributed by atoms with E-state index in [0.717, 1.165) is 24.6 Å². The van der Waals surface area contributed by atoms with E-state index in [2.05, 4.69) is 19.2 Å². The number of hydrogen-bond donors (Lipinski definition) is 1. The molecule has 2 rings (SSSR count). The molecule has 0 amide bonds. The first kappa shape index (κ1) is 14.7. The van der Waals surface area contributed by atoms with E-state index in [9.17, 15) is 8.78 Å². The van der Waals surface area contributed by atoms with Crippen molar-refractivity contribution in [3.05, 3.63) is 59.7 Å². The summed E-state index contributed by atoms with van der Waals surface area (Å²) in [5.41, 5.74) is 2.07. The summed E-state index contributed by atoms with van der Waals surface area (Å²) in [5, 5.41) is 3.39. The zero-order chi connectivity index (χ0) is 14.5. The van der Waals surface area contributed by atoms with E-state index in [1.807, 2.05) is 18.2 Å². The van der Waals surface area contributed by atoms with Crippen molar-refractivity contribution in [1.29, 1.82) is 0 Å². The van der Waals surface area contributed by atoms with Crippen molar-refractivity contribution in [2.45, 2.75) is 26.3 Å². The molecule has 0 bridgehead atoms. The van der Waals surface area contributed by atoms with Crippen LogP contribution in [0.2, 0.25) is 0 Å². The highest BCUT2D eigenvalue weighted by Crippen LogP contribution is 2.26. The second kappa shape index (κ2) is 6.62. The summed E-state index contributed by atoms with van der Waals surface area (Å²) in [4.78, 5) is 0. The van der Waals surface area contributed by atoms with Gasteiger partial charge in [-0.05, 0) is 43.1 Å². The first-order chi connectivity index (χ1) is 9.63. The van der Waals surface area contributed by atoms with E-state index in [-0.39, 0.29) is 6.04 Å². The maximum atomic E-state index is 13.8. The molecule has 0 aliphatic carbocycles. The highest BCUT2D eigenvalue weighted by Gasteiger charge is 2.11. The van der Waals surface area contributed by atoms with Gasteiger partial charge >= 0.3 is 0 Å². The zero-order valence-corrected chi connectivity index (χ0v) is 11.8. The largest absolute Gasteiger partial charge is 0.310 e. The summed E-state index contributed by atoms with van der Waals surface area (Å²) >= 11 is 0. The van der Waals surface area contributed by atoms with Crippen LogP contribution >= 0.6 is 0 Å². The molecule has 0 heterocycles. The van der Waals surface area contributed by atoms with Crippen LogP contribution < -0.4 is 5.32 Å². The molecule has 0 aromatic heterocycles. The van der Waals surface area contributed by atoms with Crippen molar-refractivity contribution in [2.24, 2.45) is 0 Å². The predicted octanol–water partition coefficient (Wildman–Crippen LogP) is 4.69. The van der Waals surface area contributed by atoms with Crippen molar-refractivity contribution in [1.82, 2.24) is 5.32 Å². The standard InChI is InChI=1S/C17H19F2N/c1-3-10-20-12(2)13-6-4-7-14(11-13)15-8-5-9-16(18)17(15)19/h4-9,11-12,20H,3,10H2,1-2H3. The van der Waals surface area contributed by atoms with E-state index < -0.39 is 11.6 Å². The first-order valence-corrected chi connectivity index (χ1v) is 6.91. The highest BCUT2D eigenvalue weighted by molar-refractivity contribution is 5.65. The van der Waals surface area contributed by atoms with Crippen molar-refractivity contribution in [2.75, 3.05) is 6.54 Å². The molecule has 0 spiro atoms. The van der Waals surface area contributed by atoms with Gasteiger partial charge in [-0.25, -0.2) is 8.78 Å². The van der Waals surface area contributed by atoms with Crippen LogP contribution in [-0.4, -0.2) is 6.54 Å². The van der Waals surface area contributed by atoms with Crippen LogP contribution in [-0.2, 0) is 0 Å². The SMILES string of the molecule is CCCNC(C)c1cccc(-c2cccc(F)c2F)c1. The van der Waals surface area contributed by atoms with Crippen molar-refractivity contribution < 1.29 is 8.78 Å². The smallest absolute Gasteiger partial charge is 0.166 e. The fourth-order valence-electron chi connectivity index (χ4n) is 2.18. The van der Waals surface area contributed by atoms with Crippen LogP contribution in [0.3, 0.4) is 0 Å². The van der Waals surface area contributed by atoms with Gasteiger partial charge in [0.15, 0.2) is 11.6 Å². The Morgan fingerprint density at radius 3 is 2.60 bits per heavy atom. The van der Waals surface area contributed by atoms with Crippen LogP contribution in [0.25, 0.3) is 11.1 Å². The Morgan fingerprint density at radius 1 is 1.10 bits per heavy atom. The normalized spacial score (nSPS) is 12.4. The van der Waals surface area contributed by atoms with Crippen LogP contribution in [0.4, 0.5) is 8.78 Å². The van der Waals surface area contributed by atoms with Gasteiger partial charge in [-0.15, -0.1) is 0 Å². The molecular weight excluding hydrogens is 256 g/mol. The monoisotopic (exact) mass is 275 g/mol. The van der Waals surface area contributed by atoms with E-state index in [4.69, 9.17) is 0 Å². The Bertz CT molecular complexity index is 581. The molecule has 0 radical (unpaired) electrons. The summed E-state index contributed by atoms with van der Waals surface area (Å²) < 4.78 is 27.1. The highest BCUT2D eigenvalue weighted by atomic mass is 19.2. The van der Waals surface area contributed by atoms with E-state index in [0.29, 0.717) is 11.1 Å². The molecular formula is C17H19F2N. The van der Waals surface area contributed by atoms with Crippen molar-refractivity contribution in [3.8, 4) is 11.1 Å². The molecule has 1 N–H and O–H groups in total. The minimum atomic E-state index is -0.815. The molecule has 0 saturated carbocycles. The summed E-state index contributed by atoms with van der Waals surface area (Å²) in [5.74, 6) is -1.61. The molecule has 2 aromatic carbocycles. The van der Waals surface area contributed by atoms with Gasteiger partial charge in [-0.2, -0.15) is 0 Å². The quantitative estimate of drug-likeness (QED) is 0.834. The predicted molar refractivity (Wildman–Crippen MR) is 78.5 cm³/mol. The van der Waals surface area contributed by atoms with Crippen molar-refractivity contribution >= 4 is 0 Å². The van der Waals surface area contributed by atoms with E-state index in [1.165, 1.54) is 6.07 Å². The van der Waals surface area contributed by atoms with Gasteiger partial charge in [0.25, 0.3) is 0 Å². The number of halogens is 2. The number of hydrogen-bond acceptors (Lipinski definition) is 1. The van der Waals surface area contributed by atoms with Gasteiger partial charge < -0.3 is 5.32 Å². The lowest BCUT2D eigenvalue weighted by Gasteiger charge is -2.15. The molecule has 0 fully saturated rings. The van der Waals surface area contributed by atoms with E-state index >= 15 is 0 Å². The molecule has 1 nitrogen and oxygen atoms in total. The second-order valence-corrected chi connectivity index (χ2v) is 4.90. The molecule has 0 saturated heterocycles. The lowest BCUT2D eigenvalue weighted by atomic mass is 9.99. The maximum absolute atomic E-state index is 13.8. The minimum Gasteiger partial charge on any atom is -0.310 e. The molecule has 1 unspecified atom stereocenters. The van der Waals surface area contributed by atoms with Gasteiger partial charge in [0.2, 0.25) is 0 Å².